The van der Waals surface area contributed by atoms with E-state index in [0.29, 0.717) is 0 Å². The van der Waals surface area contributed by atoms with Crippen molar-refractivity contribution in [1.29, 1.82) is 0 Å². The van der Waals surface area contributed by atoms with E-state index in [1.54, 1.807) is 0 Å². The van der Waals surface area contributed by atoms with Gasteiger partial charge in [-0.3, -0.25) is 0 Å². The third kappa shape index (κ3) is 2.16. The molecular weight excluding hydrogens is 170 g/mol. The Morgan fingerprint density at radius 1 is 1.29 bits per heavy atom. The molecule has 1 aliphatic carbocycles. The first-order valence-corrected chi connectivity index (χ1v) is 5.05. The summed E-state index contributed by atoms with van der Waals surface area (Å²) in [6.07, 6.45) is 10.6. The number of hydrogen-bond donors (Lipinski definition) is 0. The number of rotatable bonds is 3. The van der Waals surface area contributed by atoms with Gasteiger partial charge in [-0.1, -0.05) is 30.9 Å². The van der Waals surface area contributed by atoms with Gasteiger partial charge in [-0.25, -0.2) is 0 Å². The lowest BCUT2D eigenvalue weighted by Gasteiger charge is -2.17. The van der Waals surface area contributed by atoms with Crippen molar-refractivity contribution >= 4 is 0 Å². The Balaban J connectivity index is 3.08. The molecule has 0 bridgehead atoms. The van der Waals surface area contributed by atoms with Crippen LogP contribution in [-0.4, -0.2) is 19.0 Å². The molecule has 0 aromatic rings. The second-order valence-electron chi connectivity index (χ2n) is 3.70. The van der Waals surface area contributed by atoms with E-state index in [9.17, 15) is 0 Å². The van der Waals surface area contributed by atoms with Gasteiger partial charge < -0.3 is 4.90 Å². The van der Waals surface area contributed by atoms with Gasteiger partial charge in [-0.15, -0.1) is 0 Å². The third-order valence-electron chi connectivity index (χ3n) is 2.41. The van der Waals surface area contributed by atoms with Crippen LogP contribution in [0.4, 0.5) is 0 Å². The van der Waals surface area contributed by atoms with Gasteiger partial charge in [-0.05, 0) is 30.9 Å². The zero-order valence-electron chi connectivity index (χ0n) is 9.38. The van der Waals surface area contributed by atoms with Crippen LogP contribution in [0.25, 0.3) is 0 Å². The van der Waals surface area contributed by atoms with Crippen LogP contribution < -0.4 is 0 Å². The van der Waals surface area contributed by atoms with Crippen molar-refractivity contribution in [1.82, 2.24) is 4.90 Å². The molecule has 0 unspecified atom stereocenters. The van der Waals surface area contributed by atoms with Crippen molar-refractivity contribution in [3.05, 3.63) is 47.7 Å². The molecular formula is C13H19N. The summed E-state index contributed by atoms with van der Waals surface area (Å²) in [6.45, 7) is 5.82. The van der Waals surface area contributed by atoms with Crippen LogP contribution in [0.3, 0.4) is 0 Å². The highest BCUT2D eigenvalue weighted by atomic mass is 15.1. The predicted molar refractivity (Wildman–Crippen MR) is 63.0 cm³/mol. The molecule has 0 aliphatic heterocycles. The minimum atomic E-state index is 1.14. The van der Waals surface area contributed by atoms with E-state index >= 15 is 0 Å². The fourth-order valence-corrected chi connectivity index (χ4v) is 1.95. The van der Waals surface area contributed by atoms with Crippen LogP contribution in [0, 0.1) is 0 Å². The highest BCUT2D eigenvalue weighted by molar-refractivity contribution is 5.45. The molecule has 0 aromatic heterocycles. The van der Waals surface area contributed by atoms with Crippen LogP contribution in [0.2, 0.25) is 0 Å². The fourth-order valence-electron chi connectivity index (χ4n) is 1.95. The summed E-state index contributed by atoms with van der Waals surface area (Å²) in [5, 5.41) is 0. The van der Waals surface area contributed by atoms with Crippen LogP contribution in [0.15, 0.2) is 47.7 Å². The Labute approximate surface area is 87.1 Å². The summed E-state index contributed by atoms with van der Waals surface area (Å²) < 4.78 is 0. The number of likely N-dealkylation sites (N-methyl/N-ethyl adjacent to an activating group) is 1. The van der Waals surface area contributed by atoms with E-state index in [4.69, 9.17) is 0 Å². The average molecular weight is 189 g/mol. The average Bonchev–Trinajstić information content (AvgIpc) is 2.49. The molecule has 0 heterocycles. The Hall–Kier alpha value is -1.24. The molecule has 0 atom stereocenters. The Morgan fingerprint density at radius 3 is 2.50 bits per heavy atom. The molecule has 76 valence electrons. The van der Waals surface area contributed by atoms with E-state index in [0.717, 1.165) is 12.8 Å². The maximum Gasteiger partial charge on any atom is 0.0426 e. The summed E-state index contributed by atoms with van der Waals surface area (Å²) in [7, 11) is 4.20. The van der Waals surface area contributed by atoms with Crippen molar-refractivity contribution in [2.45, 2.75) is 19.8 Å². The van der Waals surface area contributed by atoms with Crippen molar-refractivity contribution in [2.24, 2.45) is 0 Å². The summed E-state index contributed by atoms with van der Waals surface area (Å²) in [4.78, 5) is 2.19. The summed E-state index contributed by atoms with van der Waals surface area (Å²) in [5.74, 6) is 0. The monoisotopic (exact) mass is 189 g/mol. The minimum absolute atomic E-state index is 1.14. The van der Waals surface area contributed by atoms with Crippen LogP contribution in [0.5, 0.6) is 0 Å². The minimum Gasteiger partial charge on any atom is -0.377 e. The SMILES string of the molecule is C=CC=C1CCC(C=CC)=C1N(C)C. The Kier molecular flexibility index (Phi) is 3.75. The molecule has 14 heavy (non-hydrogen) atoms. The molecule has 1 nitrogen and oxygen atoms in total. The summed E-state index contributed by atoms with van der Waals surface area (Å²) in [6, 6.07) is 0. The third-order valence-corrected chi connectivity index (χ3v) is 2.41. The van der Waals surface area contributed by atoms with Gasteiger partial charge in [-0.2, -0.15) is 0 Å². The molecule has 0 N–H and O–H groups in total. The lowest BCUT2D eigenvalue weighted by atomic mass is 10.1. The molecule has 0 amide bonds. The number of nitrogens with zero attached hydrogens (tertiary/aromatic N) is 1. The lowest BCUT2D eigenvalue weighted by molar-refractivity contribution is 0.521. The van der Waals surface area contributed by atoms with E-state index in [1.807, 2.05) is 6.08 Å². The second kappa shape index (κ2) is 4.85. The predicted octanol–water partition coefficient (Wildman–Crippen LogP) is 3.28. The molecule has 0 saturated heterocycles. The Bertz CT molecular complexity index is 303. The zero-order chi connectivity index (χ0) is 10.6. The lowest BCUT2D eigenvalue weighted by Crippen LogP contribution is -2.11. The molecule has 0 spiro atoms. The normalized spacial score (nSPS) is 19.8. The maximum atomic E-state index is 3.75. The first kappa shape index (κ1) is 10.8. The van der Waals surface area contributed by atoms with Crippen LogP contribution >= 0.6 is 0 Å². The first-order chi connectivity index (χ1) is 6.70. The Morgan fingerprint density at radius 2 is 2.00 bits per heavy atom. The van der Waals surface area contributed by atoms with Crippen molar-refractivity contribution in [3.8, 4) is 0 Å². The van der Waals surface area contributed by atoms with Gasteiger partial charge in [0, 0.05) is 19.8 Å². The van der Waals surface area contributed by atoms with E-state index in [2.05, 4.69) is 50.7 Å². The first-order valence-electron chi connectivity index (χ1n) is 5.05. The maximum absolute atomic E-state index is 3.75. The molecule has 0 saturated carbocycles. The van der Waals surface area contributed by atoms with Crippen LogP contribution in [-0.2, 0) is 0 Å². The van der Waals surface area contributed by atoms with Gasteiger partial charge in [0.05, 0.1) is 0 Å². The highest BCUT2D eigenvalue weighted by Crippen LogP contribution is 2.33. The van der Waals surface area contributed by atoms with Crippen molar-refractivity contribution < 1.29 is 0 Å². The number of allylic oxidation sites excluding steroid dienone is 6. The quantitative estimate of drug-likeness (QED) is 0.658. The van der Waals surface area contributed by atoms with Gasteiger partial charge in [0.2, 0.25) is 0 Å². The summed E-state index contributed by atoms with van der Waals surface area (Å²) >= 11 is 0. The highest BCUT2D eigenvalue weighted by Gasteiger charge is 2.18. The molecule has 1 aliphatic rings. The van der Waals surface area contributed by atoms with E-state index in [-0.39, 0.29) is 0 Å². The van der Waals surface area contributed by atoms with E-state index < -0.39 is 0 Å². The standard InChI is InChI=1S/C13H19N/c1-5-7-11-9-10-12(8-6-2)13(11)14(3)4/h5-8H,1,9-10H2,2-4H3. The smallest absolute Gasteiger partial charge is 0.0426 e. The molecule has 0 fully saturated rings. The second-order valence-corrected chi connectivity index (χ2v) is 3.70. The van der Waals surface area contributed by atoms with E-state index in [1.165, 1.54) is 16.8 Å². The van der Waals surface area contributed by atoms with Crippen molar-refractivity contribution in [2.75, 3.05) is 14.1 Å². The zero-order valence-corrected chi connectivity index (χ0v) is 9.38. The van der Waals surface area contributed by atoms with Gasteiger partial charge >= 0.3 is 0 Å². The molecule has 0 radical (unpaired) electrons. The molecule has 0 aromatic carbocycles. The summed E-state index contributed by atoms with van der Waals surface area (Å²) in [5.41, 5.74) is 4.20. The molecule has 1 heteroatoms. The largest absolute Gasteiger partial charge is 0.377 e. The molecule has 1 rings (SSSR count). The fraction of sp³-hybridized carbons (Fsp3) is 0.385. The van der Waals surface area contributed by atoms with Crippen molar-refractivity contribution in [3.63, 3.8) is 0 Å². The number of hydrogen-bond acceptors (Lipinski definition) is 1. The van der Waals surface area contributed by atoms with Gasteiger partial charge in [0.15, 0.2) is 0 Å². The van der Waals surface area contributed by atoms with Crippen LogP contribution in [0.1, 0.15) is 19.8 Å². The topological polar surface area (TPSA) is 3.24 Å². The van der Waals surface area contributed by atoms with Gasteiger partial charge in [0.1, 0.15) is 0 Å². The van der Waals surface area contributed by atoms with Gasteiger partial charge in [0.25, 0.3) is 0 Å².